The summed E-state index contributed by atoms with van der Waals surface area (Å²) >= 11 is 1.60. The van der Waals surface area contributed by atoms with E-state index in [9.17, 15) is 0 Å². The van der Waals surface area contributed by atoms with Gasteiger partial charge < -0.3 is 15.8 Å². The summed E-state index contributed by atoms with van der Waals surface area (Å²) in [6.07, 6.45) is 5.20. The molecular weight excluding hydrogens is 330 g/mol. The fourth-order valence-electron chi connectivity index (χ4n) is 3.01. The minimum absolute atomic E-state index is 0.350. The SMILES string of the molecule is CC(C)NCc1cc(N=C(N)c2cccs2)ccc1OC1CCCC1. The number of benzene rings is 1. The maximum atomic E-state index is 6.25. The van der Waals surface area contributed by atoms with Gasteiger partial charge in [0.15, 0.2) is 0 Å². The van der Waals surface area contributed by atoms with Crippen molar-refractivity contribution in [3.8, 4) is 5.75 Å². The van der Waals surface area contributed by atoms with Crippen LogP contribution in [0.2, 0.25) is 0 Å². The van der Waals surface area contributed by atoms with Crippen LogP contribution in [-0.4, -0.2) is 18.0 Å². The molecule has 0 saturated heterocycles. The Morgan fingerprint density at radius 3 is 2.80 bits per heavy atom. The molecule has 1 aliphatic carbocycles. The van der Waals surface area contributed by atoms with Crippen molar-refractivity contribution < 1.29 is 4.74 Å². The van der Waals surface area contributed by atoms with E-state index in [1.54, 1.807) is 11.3 Å². The van der Waals surface area contributed by atoms with Crippen molar-refractivity contribution in [3.05, 3.63) is 46.2 Å². The Bertz CT molecular complexity index is 704. The predicted molar refractivity (Wildman–Crippen MR) is 106 cm³/mol. The zero-order valence-electron chi connectivity index (χ0n) is 15.0. The summed E-state index contributed by atoms with van der Waals surface area (Å²) in [5.74, 6) is 1.52. The van der Waals surface area contributed by atoms with Crippen LogP contribution in [0.5, 0.6) is 5.75 Å². The molecule has 2 aromatic rings. The summed E-state index contributed by atoms with van der Waals surface area (Å²) in [5, 5.41) is 5.49. The fraction of sp³-hybridized carbons (Fsp3) is 0.450. The minimum atomic E-state index is 0.350. The van der Waals surface area contributed by atoms with Gasteiger partial charge in [-0.3, -0.25) is 0 Å². The zero-order valence-corrected chi connectivity index (χ0v) is 15.8. The molecule has 0 bridgehead atoms. The Labute approximate surface area is 154 Å². The third-order valence-electron chi connectivity index (χ3n) is 4.36. The lowest BCUT2D eigenvalue weighted by Crippen LogP contribution is -2.23. The first-order valence-electron chi connectivity index (χ1n) is 9.03. The van der Waals surface area contributed by atoms with Crippen molar-refractivity contribution in [2.24, 2.45) is 10.7 Å². The van der Waals surface area contributed by atoms with Crippen molar-refractivity contribution in [3.63, 3.8) is 0 Å². The van der Waals surface area contributed by atoms with E-state index in [-0.39, 0.29) is 0 Å². The summed E-state index contributed by atoms with van der Waals surface area (Å²) < 4.78 is 6.25. The normalized spacial score (nSPS) is 15.9. The number of nitrogens with two attached hydrogens (primary N) is 1. The van der Waals surface area contributed by atoms with Gasteiger partial charge in [0.2, 0.25) is 0 Å². The van der Waals surface area contributed by atoms with Gasteiger partial charge in [0, 0.05) is 18.2 Å². The second kappa shape index (κ2) is 8.50. The second-order valence-electron chi connectivity index (χ2n) is 6.83. The topological polar surface area (TPSA) is 59.6 Å². The van der Waals surface area contributed by atoms with Gasteiger partial charge in [-0.2, -0.15) is 0 Å². The Hall–Kier alpha value is -1.85. The molecule has 0 amide bonds. The van der Waals surface area contributed by atoms with Crippen molar-refractivity contribution in [1.29, 1.82) is 0 Å². The molecule has 3 N–H and O–H groups in total. The predicted octanol–water partition coefficient (Wildman–Crippen LogP) is 4.60. The highest BCUT2D eigenvalue weighted by molar-refractivity contribution is 7.12. The molecule has 1 aromatic heterocycles. The van der Waals surface area contributed by atoms with Crippen LogP contribution in [0, 0.1) is 0 Å². The molecule has 1 aliphatic rings. The first-order chi connectivity index (χ1) is 12.1. The number of rotatable bonds is 7. The van der Waals surface area contributed by atoms with Gasteiger partial charge in [-0.15, -0.1) is 11.3 Å². The van der Waals surface area contributed by atoms with Crippen LogP contribution in [0.4, 0.5) is 5.69 Å². The second-order valence-corrected chi connectivity index (χ2v) is 7.77. The number of amidine groups is 1. The van der Waals surface area contributed by atoms with Crippen LogP contribution >= 0.6 is 11.3 Å². The molecule has 1 aromatic carbocycles. The molecule has 0 radical (unpaired) electrons. The van der Waals surface area contributed by atoms with E-state index in [0.29, 0.717) is 18.0 Å². The van der Waals surface area contributed by atoms with Gasteiger partial charge >= 0.3 is 0 Å². The van der Waals surface area contributed by atoms with E-state index in [1.165, 1.54) is 12.8 Å². The van der Waals surface area contributed by atoms with Crippen LogP contribution in [0.1, 0.15) is 50.0 Å². The van der Waals surface area contributed by atoms with Crippen LogP contribution in [0.15, 0.2) is 40.7 Å². The van der Waals surface area contributed by atoms with Gasteiger partial charge in [0.05, 0.1) is 16.7 Å². The van der Waals surface area contributed by atoms with E-state index < -0.39 is 0 Å². The van der Waals surface area contributed by atoms with Crippen molar-refractivity contribution in [1.82, 2.24) is 5.32 Å². The third kappa shape index (κ3) is 5.06. The monoisotopic (exact) mass is 357 g/mol. The zero-order chi connectivity index (χ0) is 17.6. The third-order valence-corrected chi connectivity index (χ3v) is 5.26. The molecule has 0 unspecified atom stereocenters. The highest BCUT2D eigenvalue weighted by atomic mass is 32.1. The first-order valence-corrected chi connectivity index (χ1v) is 9.91. The van der Waals surface area contributed by atoms with Crippen molar-refractivity contribution in [2.75, 3.05) is 0 Å². The maximum Gasteiger partial charge on any atom is 0.141 e. The van der Waals surface area contributed by atoms with E-state index in [2.05, 4.69) is 30.2 Å². The van der Waals surface area contributed by atoms with Crippen LogP contribution in [0.3, 0.4) is 0 Å². The quantitative estimate of drug-likeness (QED) is 0.562. The summed E-state index contributed by atoms with van der Waals surface area (Å²) in [6, 6.07) is 10.5. The lowest BCUT2D eigenvalue weighted by molar-refractivity contribution is 0.207. The molecule has 1 heterocycles. The molecule has 4 nitrogen and oxygen atoms in total. The number of thiophene rings is 1. The van der Waals surface area contributed by atoms with E-state index in [1.807, 2.05) is 29.6 Å². The molecule has 1 fully saturated rings. The molecule has 25 heavy (non-hydrogen) atoms. The average Bonchev–Trinajstić information content (AvgIpc) is 3.28. The number of hydrogen-bond acceptors (Lipinski definition) is 4. The van der Waals surface area contributed by atoms with Gasteiger partial charge in [-0.1, -0.05) is 19.9 Å². The first kappa shape index (κ1) is 18.0. The van der Waals surface area contributed by atoms with E-state index >= 15 is 0 Å². The maximum absolute atomic E-state index is 6.25. The molecular formula is C20H27N3OS. The molecule has 0 atom stereocenters. The molecule has 134 valence electrons. The highest BCUT2D eigenvalue weighted by Crippen LogP contribution is 2.30. The van der Waals surface area contributed by atoms with Crippen LogP contribution in [0.25, 0.3) is 0 Å². The molecule has 3 rings (SSSR count). The Kier molecular flexibility index (Phi) is 6.10. The average molecular weight is 358 g/mol. The summed E-state index contributed by atoms with van der Waals surface area (Å²) in [5.41, 5.74) is 8.13. The van der Waals surface area contributed by atoms with Crippen LogP contribution in [-0.2, 0) is 6.54 Å². The molecule has 1 saturated carbocycles. The smallest absolute Gasteiger partial charge is 0.141 e. The Morgan fingerprint density at radius 2 is 2.12 bits per heavy atom. The Morgan fingerprint density at radius 1 is 1.32 bits per heavy atom. The summed E-state index contributed by atoms with van der Waals surface area (Å²) in [4.78, 5) is 5.58. The number of aliphatic imine (C=N–C) groups is 1. The number of nitrogens with zero attached hydrogens (tertiary/aromatic N) is 1. The van der Waals surface area contributed by atoms with E-state index in [0.717, 1.165) is 41.3 Å². The van der Waals surface area contributed by atoms with Crippen LogP contribution < -0.4 is 15.8 Å². The molecule has 0 aliphatic heterocycles. The number of hydrogen-bond donors (Lipinski definition) is 2. The van der Waals surface area contributed by atoms with Crippen molar-refractivity contribution >= 4 is 22.9 Å². The molecule has 5 heteroatoms. The lowest BCUT2D eigenvalue weighted by Gasteiger charge is -2.18. The largest absolute Gasteiger partial charge is 0.490 e. The van der Waals surface area contributed by atoms with Gasteiger partial charge in [-0.25, -0.2) is 4.99 Å². The molecule has 0 spiro atoms. The number of nitrogens with one attached hydrogen (secondary N) is 1. The van der Waals surface area contributed by atoms with Gasteiger partial charge in [0.25, 0.3) is 0 Å². The minimum Gasteiger partial charge on any atom is -0.490 e. The standard InChI is InChI=1S/C20H27N3OS/c1-14(2)22-13-15-12-16(23-20(21)19-8-5-11-25-19)9-10-18(15)24-17-6-3-4-7-17/h5,8-12,14,17,22H,3-4,6-7,13H2,1-2H3,(H2,21,23). The van der Waals surface area contributed by atoms with Gasteiger partial charge in [-0.05, 0) is 55.3 Å². The summed E-state index contributed by atoms with van der Waals surface area (Å²) in [6.45, 7) is 5.06. The lowest BCUT2D eigenvalue weighted by atomic mass is 10.1. The van der Waals surface area contributed by atoms with Crippen molar-refractivity contribution in [2.45, 2.75) is 58.2 Å². The number of ether oxygens (including phenoxy) is 1. The highest BCUT2D eigenvalue weighted by Gasteiger charge is 2.18. The van der Waals surface area contributed by atoms with Gasteiger partial charge in [0.1, 0.15) is 11.6 Å². The van der Waals surface area contributed by atoms with E-state index in [4.69, 9.17) is 10.5 Å². The Balaban J connectivity index is 1.82. The summed E-state index contributed by atoms with van der Waals surface area (Å²) in [7, 11) is 0. The fourth-order valence-corrected chi connectivity index (χ4v) is 3.63.